The Labute approximate surface area is 92.1 Å². The van der Waals surface area contributed by atoms with Crippen molar-refractivity contribution in [3.8, 4) is 0 Å². The summed E-state index contributed by atoms with van der Waals surface area (Å²) in [5.41, 5.74) is 1.15. The first kappa shape index (κ1) is 10.6. The molecule has 1 aromatic heterocycles. The Morgan fingerprint density at radius 2 is 2.20 bits per heavy atom. The minimum Gasteiger partial charge on any atom is -0.308 e. The second-order valence-corrected chi connectivity index (χ2v) is 4.57. The Hall–Kier alpha value is -0.890. The van der Waals surface area contributed by atoms with Crippen molar-refractivity contribution in [2.45, 2.75) is 45.2 Å². The maximum atomic E-state index is 4.33. The number of hydrogen-bond donors (Lipinski definition) is 1. The molecule has 0 bridgehead atoms. The zero-order valence-electron chi connectivity index (χ0n) is 9.45. The standard InChI is InChI=1S/C13H20N2/c1-11-6-2-3-8-13(11)15-10-12-7-4-5-9-14-12/h4-5,7,9,11,13,15H,2-3,6,8,10H2,1H3/t11-,13+/m0/s1. The van der Waals surface area contributed by atoms with Crippen molar-refractivity contribution in [1.29, 1.82) is 0 Å². The first-order valence-electron chi connectivity index (χ1n) is 5.99. The second-order valence-electron chi connectivity index (χ2n) is 4.57. The lowest BCUT2D eigenvalue weighted by Crippen LogP contribution is -2.36. The molecule has 0 saturated heterocycles. The molecule has 1 fully saturated rings. The predicted octanol–water partition coefficient (Wildman–Crippen LogP) is 2.75. The van der Waals surface area contributed by atoms with Gasteiger partial charge in [-0.25, -0.2) is 0 Å². The first-order chi connectivity index (χ1) is 7.36. The lowest BCUT2D eigenvalue weighted by molar-refractivity contribution is 0.278. The van der Waals surface area contributed by atoms with Crippen LogP contribution in [0.25, 0.3) is 0 Å². The van der Waals surface area contributed by atoms with Crippen LogP contribution in [-0.2, 0) is 6.54 Å². The van der Waals surface area contributed by atoms with Gasteiger partial charge in [-0.3, -0.25) is 4.98 Å². The van der Waals surface area contributed by atoms with Crippen LogP contribution in [0, 0.1) is 5.92 Å². The fourth-order valence-corrected chi connectivity index (χ4v) is 2.36. The highest BCUT2D eigenvalue weighted by atomic mass is 14.9. The van der Waals surface area contributed by atoms with Gasteiger partial charge in [0.2, 0.25) is 0 Å². The monoisotopic (exact) mass is 204 g/mol. The molecule has 1 heterocycles. The molecule has 1 N–H and O–H groups in total. The maximum absolute atomic E-state index is 4.33. The van der Waals surface area contributed by atoms with Crippen LogP contribution >= 0.6 is 0 Å². The van der Waals surface area contributed by atoms with Crippen LogP contribution < -0.4 is 5.32 Å². The summed E-state index contributed by atoms with van der Waals surface area (Å²) in [6.45, 7) is 3.27. The predicted molar refractivity (Wildman–Crippen MR) is 62.5 cm³/mol. The van der Waals surface area contributed by atoms with Crippen molar-refractivity contribution in [3.63, 3.8) is 0 Å². The molecule has 1 aliphatic carbocycles. The molecule has 82 valence electrons. The van der Waals surface area contributed by atoms with Crippen LogP contribution in [0.1, 0.15) is 38.3 Å². The van der Waals surface area contributed by atoms with E-state index in [-0.39, 0.29) is 0 Å². The summed E-state index contributed by atoms with van der Waals surface area (Å²) in [7, 11) is 0. The van der Waals surface area contributed by atoms with Crippen molar-refractivity contribution in [1.82, 2.24) is 10.3 Å². The molecule has 2 heteroatoms. The minimum absolute atomic E-state index is 0.695. The summed E-state index contributed by atoms with van der Waals surface area (Å²) in [6.07, 6.45) is 7.35. The van der Waals surface area contributed by atoms with Crippen LogP contribution in [0.3, 0.4) is 0 Å². The molecule has 1 saturated carbocycles. The number of hydrogen-bond acceptors (Lipinski definition) is 2. The van der Waals surface area contributed by atoms with Crippen molar-refractivity contribution in [2.75, 3.05) is 0 Å². The van der Waals surface area contributed by atoms with Gasteiger partial charge in [-0.15, -0.1) is 0 Å². The van der Waals surface area contributed by atoms with E-state index in [1.807, 2.05) is 18.3 Å². The van der Waals surface area contributed by atoms with E-state index in [9.17, 15) is 0 Å². The highest BCUT2D eigenvalue weighted by Crippen LogP contribution is 2.23. The van der Waals surface area contributed by atoms with Crippen molar-refractivity contribution >= 4 is 0 Å². The topological polar surface area (TPSA) is 24.9 Å². The number of rotatable bonds is 3. The lowest BCUT2D eigenvalue weighted by Gasteiger charge is -2.29. The molecule has 0 aliphatic heterocycles. The van der Waals surface area contributed by atoms with Gasteiger partial charge in [-0.2, -0.15) is 0 Å². The van der Waals surface area contributed by atoms with E-state index < -0.39 is 0 Å². The molecule has 0 spiro atoms. The molecule has 1 aliphatic rings. The summed E-state index contributed by atoms with van der Waals surface area (Å²) in [5, 5.41) is 3.63. The summed E-state index contributed by atoms with van der Waals surface area (Å²) in [5.74, 6) is 0.822. The molecule has 0 aromatic carbocycles. The lowest BCUT2D eigenvalue weighted by atomic mass is 9.86. The third kappa shape index (κ3) is 3.03. The van der Waals surface area contributed by atoms with Gasteiger partial charge in [0.25, 0.3) is 0 Å². The molecular weight excluding hydrogens is 184 g/mol. The van der Waals surface area contributed by atoms with Crippen molar-refractivity contribution < 1.29 is 0 Å². The number of aromatic nitrogens is 1. The highest BCUT2D eigenvalue weighted by molar-refractivity contribution is 5.03. The van der Waals surface area contributed by atoms with Gasteiger partial charge in [0, 0.05) is 18.8 Å². The molecule has 2 rings (SSSR count). The molecule has 15 heavy (non-hydrogen) atoms. The average Bonchev–Trinajstić information content (AvgIpc) is 2.29. The van der Waals surface area contributed by atoms with Gasteiger partial charge in [0.1, 0.15) is 0 Å². The summed E-state index contributed by atoms with van der Waals surface area (Å²) < 4.78 is 0. The van der Waals surface area contributed by atoms with E-state index in [0.717, 1.165) is 18.2 Å². The van der Waals surface area contributed by atoms with Crippen LogP contribution in [0.15, 0.2) is 24.4 Å². The Morgan fingerprint density at radius 3 is 2.93 bits per heavy atom. The largest absolute Gasteiger partial charge is 0.308 e. The zero-order valence-corrected chi connectivity index (χ0v) is 9.45. The van der Waals surface area contributed by atoms with E-state index in [1.54, 1.807) is 0 Å². The quantitative estimate of drug-likeness (QED) is 0.819. The Kier molecular flexibility index (Phi) is 3.73. The third-order valence-electron chi connectivity index (χ3n) is 3.38. The second kappa shape index (κ2) is 5.26. The molecule has 2 atom stereocenters. The number of pyridine rings is 1. The molecule has 2 nitrogen and oxygen atoms in total. The average molecular weight is 204 g/mol. The van der Waals surface area contributed by atoms with Crippen molar-refractivity contribution in [3.05, 3.63) is 30.1 Å². The Morgan fingerprint density at radius 1 is 1.33 bits per heavy atom. The van der Waals surface area contributed by atoms with E-state index >= 15 is 0 Å². The van der Waals surface area contributed by atoms with Gasteiger partial charge >= 0.3 is 0 Å². The molecular formula is C13H20N2. The zero-order chi connectivity index (χ0) is 10.5. The normalized spacial score (nSPS) is 26.5. The van der Waals surface area contributed by atoms with E-state index in [0.29, 0.717) is 6.04 Å². The molecule has 0 unspecified atom stereocenters. The van der Waals surface area contributed by atoms with Gasteiger partial charge in [0.15, 0.2) is 0 Å². The van der Waals surface area contributed by atoms with Crippen LogP contribution in [-0.4, -0.2) is 11.0 Å². The minimum atomic E-state index is 0.695. The molecule has 0 radical (unpaired) electrons. The fraction of sp³-hybridized carbons (Fsp3) is 0.615. The van der Waals surface area contributed by atoms with E-state index in [1.165, 1.54) is 25.7 Å². The Bertz CT molecular complexity index is 284. The maximum Gasteiger partial charge on any atom is 0.0541 e. The van der Waals surface area contributed by atoms with Crippen LogP contribution in [0.2, 0.25) is 0 Å². The van der Waals surface area contributed by atoms with Gasteiger partial charge in [-0.05, 0) is 30.9 Å². The molecule has 0 amide bonds. The van der Waals surface area contributed by atoms with E-state index in [4.69, 9.17) is 0 Å². The fourth-order valence-electron chi connectivity index (χ4n) is 2.36. The molecule has 1 aromatic rings. The highest BCUT2D eigenvalue weighted by Gasteiger charge is 2.20. The summed E-state index contributed by atoms with van der Waals surface area (Å²) in [6, 6.07) is 6.79. The van der Waals surface area contributed by atoms with Crippen molar-refractivity contribution in [2.24, 2.45) is 5.92 Å². The SMILES string of the molecule is C[C@H]1CCCC[C@H]1NCc1ccccn1. The number of nitrogens with one attached hydrogen (secondary N) is 1. The van der Waals surface area contributed by atoms with Gasteiger partial charge in [0.05, 0.1) is 5.69 Å². The first-order valence-corrected chi connectivity index (χ1v) is 5.99. The summed E-state index contributed by atoms with van der Waals surface area (Å²) >= 11 is 0. The smallest absolute Gasteiger partial charge is 0.0541 e. The number of nitrogens with zero attached hydrogens (tertiary/aromatic N) is 1. The van der Waals surface area contributed by atoms with Crippen LogP contribution in [0.4, 0.5) is 0 Å². The summed E-state index contributed by atoms with van der Waals surface area (Å²) in [4.78, 5) is 4.33. The van der Waals surface area contributed by atoms with Crippen LogP contribution in [0.5, 0.6) is 0 Å². The van der Waals surface area contributed by atoms with Gasteiger partial charge < -0.3 is 5.32 Å². The Balaban J connectivity index is 1.82. The van der Waals surface area contributed by atoms with E-state index in [2.05, 4.69) is 23.3 Å². The third-order valence-corrected chi connectivity index (χ3v) is 3.38. The van der Waals surface area contributed by atoms with Gasteiger partial charge in [-0.1, -0.05) is 25.8 Å².